The van der Waals surface area contributed by atoms with Crippen LogP contribution in [0.15, 0.2) is 42.5 Å². The summed E-state index contributed by atoms with van der Waals surface area (Å²) in [4.78, 5) is 12.7. The van der Waals surface area contributed by atoms with Gasteiger partial charge in [-0.1, -0.05) is 29.8 Å². The van der Waals surface area contributed by atoms with Gasteiger partial charge in [0.05, 0.1) is 29.2 Å². The van der Waals surface area contributed by atoms with Gasteiger partial charge >= 0.3 is 6.18 Å². The largest absolute Gasteiger partial charge is 0.492 e. The average Bonchev–Trinajstić information content (AvgIpc) is 3.17. The van der Waals surface area contributed by atoms with Crippen molar-refractivity contribution in [2.24, 2.45) is 5.92 Å². The van der Waals surface area contributed by atoms with E-state index in [9.17, 15) is 18.0 Å². The molecule has 0 aliphatic carbocycles. The molecule has 0 radical (unpaired) electrons. The number of ether oxygens (including phenoxy) is 1. The van der Waals surface area contributed by atoms with E-state index in [1.165, 1.54) is 6.07 Å². The van der Waals surface area contributed by atoms with Gasteiger partial charge < -0.3 is 10.1 Å². The molecule has 9 heteroatoms. The summed E-state index contributed by atoms with van der Waals surface area (Å²) in [5, 5.41) is 3.17. The lowest BCUT2D eigenvalue weighted by atomic mass is 9.94. The monoisotopic (exact) mass is 427 g/mol. The molecule has 3 N–H and O–H groups in total. The molecule has 1 heterocycles. The highest BCUT2D eigenvalue weighted by molar-refractivity contribution is 6.32. The molecule has 0 bridgehead atoms. The second-order valence-corrected chi connectivity index (χ2v) is 7.06. The minimum atomic E-state index is -4.42. The van der Waals surface area contributed by atoms with Gasteiger partial charge in [-0.2, -0.15) is 13.2 Å². The van der Waals surface area contributed by atoms with Crippen LogP contribution in [0.3, 0.4) is 0 Å². The summed E-state index contributed by atoms with van der Waals surface area (Å²) in [7, 11) is 0. The fourth-order valence-corrected chi connectivity index (χ4v) is 3.46. The summed E-state index contributed by atoms with van der Waals surface area (Å²) in [6, 6.07) is 9.90. The number of amides is 1. The van der Waals surface area contributed by atoms with Gasteiger partial charge in [-0.05, 0) is 42.3 Å². The number of hydrogen-bond donors (Lipinski definition) is 3. The van der Waals surface area contributed by atoms with Crippen LogP contribution in [0.4, 0.5) is 13.2 Å². The number of benzene rings is 2. The number of alkyl halides is 3. The minimum absolute atomic E-state index is 0.00993. The van der Waals surface area contributed by atoms with Crippen LogP contribution in [0.5, 0.6) is 5.75 Å². The van der Waals surface area contributed by atoms with Gasteiger partial charge in [-0.25, -0.2) is 5.43 Å². The fourth-order valence-electron chi connectivity index (χ4n) is 3.22. The van der Waals surface area contributed by atoms with Crippen molar-refractivity contribution >= 4 is 17.5 Å². The predicted octanol–water partition coefficient (Wildman–Crippen LogP) is 3.84. The van der Waals surface area contributed by atoms with Crippen molar-refractivity contribution in [2.75, 3.05) is 13.2 Å². The number of hydrazine groups is 1. The third kappa shape index (κ3) is 5.20. The molecule has 0 spiro atoms. The van der Waals surface area contributed by atoms with Crippen LogP contribution in [0, 0.1) is 5.92 Å². The predicted molar refractivity (Wildman–Crippen MR) is 103 cm³/mol. The maximum absolute atomic E-state index is 12.8. The molecule has 156 valence electrons. The minimum Gasteiger partial charge on any atom is -0.492 e. The molecule has 2 atom stereocenters. The molecular weight excluding hydrogens is 407 g/mol. The molecule has 2 aromatic carbocycles. The molecule has 1 fully saturated rings. The highest BCUT2D eigenvalue weighted by atomic mass is 35.5. The molecule has 1 saturated heterocycles. The molecule has 2 aromatic rings. The van der Waals surface area contributed by atoms with E-state index in [0.717, 1.165) is 17.7 Å². The Kier molecular flexibility index (Phi) is 6.66. The van der Waals surface area contributed by atoms with Crippen LogP contribution in [0.1, 0.15) is 29.7 Å². The van der Waals surface area contributed by atoms with Gasteiger partial charge in [0.1, 0.15) is 5.75 Å². The van der Waals surface area contributed by atoms with Crippen molar-refractivity contribution in [3.63, 3.8) is 0 Å². The van der Waals surface area contributed by atoms with E-state index in [4.69, 9.17) is 16.3 Å². The number of carbonyl (C=O) groups is 1. The maximum Gasteiger partial charge on any atom is 0.416 e. The number of halogens is 4. The third-order valence-electron chi connectivity index (χ3n) is 4.65. The Labute approximate surface area is 171 Å². The summed E-state index contributed by atoms with van der Waals surface area (Å²) in [6.07, 6.45) is -4.42. The first-order valence-corrected chi connectivity index (χ1v) is 9.52. The smallest absolute Gasteiger partial charge is 0.416 e. The summed E-state index contributed by atoms with van der Waals surface area (Å²) in [6.45, 7) is 2.74. The fraction of sp³-hybridized carbons (Fsp3) is 0.350. The first-order chi connectivity index (χ1) is 13.8. The van der Waals surface area contributed by atoms with Crippen molar-refractivity contribution in [1.29, 1.82) is 0 Å². The Morgan fingerprint density at radius 2 is 2.07 bits per heavy atom. The molecule has 1 aliphatic rings. The molecule has 1 amide bonds. The quantitative estimate of drug-likeness (QED) is 0.655. The molecule has 29 heavy (non-hydrogen) atoms. The highest BCUT2D eigenvalue weighted by Gasteiger charge is 2.34. The standard InChI is InChI=1S/C20H21ClF3N3O2/c1-2-29-17-7-6-13(9-16(17)21)18-15(11-26-27-18)19(28)25-10-12-4-3-5-14(8-12)20(22,23)24/h3-9,15,18,26-27H,2,10-11H2,1H3,(H,25,28). The summed E-state index contributed by atoms with van der Waals surface area (Å²) < 4.78 is 43.9. The lowest BCUT2D eigenvalue weighted by Crippen LogP contribution is -2.34. The Morgan fingerprint density at radius 1 is 1.28 bits per heavy atom. The molecule has 3 rings (SSSR count). The molecule has 0 saturated carbocycles. The van der Waals surface area contributed by atoms with Crippen molar-refractivity contribution in [3.05, 3.63) is 64.2 Å². The summed E-state index contributed by atoms with van der Waals surface area (Å²) in [5.74, 6) is -0.154. The zero-order valence-corrected chi connectivity index (χ0v) is 16.4. The molecule has 0 aromatic heterocycles. The van der Waals surface area contributed by atoms with Gasteiger partial charge in [0.15, 0.2) is 0 Å². The first-order valence-electron chi connectivity index (χ1n) is 9.14. The second-order valence-electron chi connectivity index (χ2n) is 6.65. The topological polar surface area (TPSA) is 62.4 Å². The van der Waals surface area contributed by atoms with Crippen LogP contribution in [0.25, 0.3) is 0 Å². The van der Waals surface area contributed by atoms with Gasteiger partial charge in [0, 0.05) is 13.1 Å². The van der Waals surface area contributed by atoms with E-state index in [1.807, 2.05) is 13.0 Å². The van der Waals surface area contributed by atoms with Gasteiger partial charge in [0.25, 0.3) is 0 Å². The normalized spacial score (nSPS) is 19.2. The SMILES string of the molecule is CCOc1ccc(C2NNCC2C(=O)NCc2cccc(C(F)(F)F)c2)cc1Cl. The number of nitrogens with one attached hydrogen (secondary N) is 3. The van der Waals surface area contributed by atoms with Gasteiger partial charge in [-0.3, -0.25) is 10.2 Å². The van der Waals surface area contributed by atoms with E-state index in [0.29, 0.717) is 29.5 Å². The Bertz CT molecular complexity index is 876. The third-order valence-corrected chi connectivity index (χ3v) is 4.95. The molecular formula is C20H21ClF3N3O2. The Balaban J connectivity index is 1.67. The Hall–Kier alpha value is -2.29. The number of hydrogen-bond acceptors (Lipinski definition) is 4. The van der Waals surface area contributed by atoms with E-state index in [2.05, 4.69) is 16.2 Å². The Morgan fingerprint density at radius 3 is 2.76 bits per heavy atom. The van der Waals surface area contributed by atoms with Crippen molar-refractivity contribution < 1.29 is 22.7 Å². The zero-order valence-electron chi connectivity index (χ0n) is 15.6. The van der Waals surface area contributed by atoms with Crippen molar-refractivity contribution in [1.82, 2.24) is 16.2 Å². The second kappa shape index (κ2) is 9.02. The maximum atomic E-state index is 12.8. The van der Waals surface area contributed by atoms with E-state index >= 15 is 0 Å². The van der Waals surface area contributed by atoms with Crippen molar-refractivity contribution in [2.45, 2.75) is 25.7 Å². The average molecular weight is 428 g/mol. The van der Waals surface area contributed by atoms with Crippen LogP contribution < -0.4 is 20.9 Å². The zero-order chi connectivity index (χ0) is 21.0. The highest BCUT2D eigenvalue weighted by Crippen LogP contribution is 2.32. The lowest BCUT2D eigenvalue weighted by molar-refractivity contribution is -0.137. The summed E-state index contributed by atoms with van der Waals surface area (Å²) >= 11 is 6.24. The lowest BCUT2D eigenvalue weighted by Gasteiger charge is -2.19. The molecule has 5 nitrogen and oxygen atoms in total. The van der Waals surface area contributed by atoms with E-state index in [1.54, 1.807) is 18.2 Å². The van der Waals surface area contributed by atoms with E-state index < -0.39 is 17.7 Å². The van der Waals surface area contributed by atoms with Gasteiger partial charge in [-0.15, -0.1) is 0 Å². The van der Waals surface area contributed by atoms with Gasteiger partial charge in [0.2, 0.25) is 5.91 Å². The van der Waals surface area contributed by atoms with Crippen LogP contribution in [0.2, 0.25) is 5.02 Å². The number of carbonyl (C=O) groups excluding carboxylic acids is 1. The first kappa shape index (κ1) is 21.4. The van der Waals surface area contributed by atoms with Crippen LogP contribution in [-0.4, -0.2) is 19.1 Å². The molecule has 2 unspecified atom stereocenters. The van der Waals surface area contributed by atoms with Crippen LogP contribution >= 0.6 is 11.6 Å². The van der Waals surface area contributed by atoms with E-state index in [-0.39, 0.29) is 18.5 Å². The van der Waals surface area contributed by atoms with Crippen molar-refractivity contribution in [3.8, 4) is 5.75 Å². The summed E-state index contributed by atoms with van der Waals surface area (Å²) in [5.41, 5.74) is 6.45. The molecule has 1 aliphatic heterocycles. The van der Waals surface area contributed by atoms with Crippen LogP contribution in [-0.2, 0) is 17.5 Å². The number of rotatable bonds is 6.